The molecule has 0 fully saturated rings. The van der Waals surface area contributed by atoms with Gasteiger partial charge in [-0.25, -0.2) is 8.42 Å². The number of amides is 1. The minimum Gasteiger partial charge on any atom is -0.468 e. The number of hydrogen-bond donors (Lipinski definition) is 0. The van der Waals surface area contributed by atoms with E-state index in [9.17, 15) is 18.0 Å². The lowest BCUT2D eigenvalue weighted by Crippen LogP contribution is -2.35. The van der Waals surface area contributed by atoms with E-state index in [1.165, 1.54) is 16.3 Å². The monoisotopic (exact) mass is 446 g/mol. The summed E-state index contributed by atoms with van der Waals surface area (Å²) in [5, 5.41) is 0. The number of ether oxygens (including phenoxy) is 1. The zero-order chi connectivity index (χ0) is 22.9. The van der Waals surface area contributed by atoms with Gasteiger partial charge in [0.05, 0.1) is 12.0 Å². The molecule has 0 radical (unpaired) electrons. The van der Waals surface area contributed by atoms with Crippen LogP contribution in [0.3, 0.4) is 0 Å². The van der Waals surface area contributed by atoms with E-state index in [4.69, 9.17) is 4.74 Å². The molecule has 0 N–H and O–H groups in total. The summed E-state index contributed by atoms with van der Waals surface area (Å²) in [5.41, 5.74) is 1.77. The van der Waals surface area contributed by atoms with Gasteiger partial charge in [-0.1, -0.05) is 56.3 Å². The Hall–Kier alpha value is -2.71. The van der Waals surface area contributed by atoms with Gasteiger partial charge < -0.3 is 9.64 Å². The van der Waals surface area contributed by atoms with Crippen LogP contribution in [0, 0.1) is 0 Å². The molecule has 0 aliphatic carbocycles. The summed E-state index contributed by atoms with van der Waals surface area (Å²) in [5.74, 6) is -0.649. The van der Waals surface area contributed by atoms with Crippen molar-refractivity contribution in [1.82, 2.24) is 9.21 Å². The Kier molecular flexibility index (Phi) is 9.21. The van der Waals surface area contributed by atoms with E-state index in [1.807, 2.05) is 30.3 Å². The fourth-order valence-corrected chi connectivity index (χ4v) is 4.66. The van der Waals surface area contributed by atoms with Crippen LogP contribution in [-0.2, 0) is 37.3 Å². The van der Waals surface area contributed by atoms with E-state index in [1.54, 1.807) is 38.1 Å². The van der Waals surface area contributed by atoms with Crippen LogP contribution in [0.1, 0.15) is 31.4 Å². The lowest BCUT2D eigenvalue weighted by atomic mass is 10.1. The highest BCUT2D eigenvalue weighted by Crippen LogP contribution is 2.17. The van der Waals surface area contributed by atoms with Crippen molar-refractivity contribution in [2.24, 2.45) is 0 Å². The molecule has 0 spiro atoms. The molecule has 0 bridgehead atoms. The zero-order valence-electron chi connectivity index (χ0n) is 18.3. The van der Waals surface area contributed by atoms with Crippen LogP contribution >= 0.6 is 0 Å². The minimum atomic E-state index is -3.51. The van der Waals surface area contributed by atoms with Crippen molar-refractivity contribution in [3.05, 3.63) is 65.7 Å². The van der Waals surface area contributed by atoms with Crippen molar-refractivity contribution in [2.75, 3.05) is 26.7 Å². The summed E-state index contributed by atoms with van der Waals surface area (Å²) in [6.07, 6.45) is 0.642. The standard InChI is InChI=1S/C23H30N2O5S/c1-4-25(5-2)31(28,29)21-14-11-19(12-15-21)13-16-22(26)24(18-23(27)30-3)17-20-9-7-6-8-10-20/h6-12,14-15H,4-5,13,16-18H2,1-3H3. The molecule has 2 aromatic carbocycles. The minimum absolute atomic E-state index is 0.120. The third-order valence-electron chi connectivity index (χ3n) is 5.01. The first-order valence-corrected chi connectivity index (χ1v) is 11.7. The van der Waals surface area contributed by atoms with Gasteiger partial charge in [-0.05, 0) is 29.7 Å². The Balaban J connectivity index is 2.05. The average Bonchev–Trinajstić information content (AvgIpc) is 2.78. The predicted molar refractivity (Wildman–Crippen MR) is 119 cm³/mol. The molecule has 2 rings (SSSR count). The van der Waals surface area contributed by atoms with E-state index in [2.05, 4.69) is 0 Å². The van der Waals surface area contributed by atoms with Crippen molar-refractivity contribution in [3.8, 4) is 0 Å². The third-order valence-corrected chi connectivity index (χ3v) is 7.07. The maximum absolute atomic E-state index is 12.8. The number of hydrogen-bond acceptors (Lipinski definition) is 5. The number of carbonyl (C=O) groups is 2. The highest BCUT2D eigenvalue weighted by Gasteiger charge is 2.22. The molecule has 31 heavy (non-hydrogen) atoms. The lowest BCUT2D eigenvalue weighted by Gasteiger charge is -2.22. The van der Waals surface area contributed by atoms with Crippen molar-refractivity contribution >= 4 is 21.9 Å². The Morgan fingerprint density at radius 1 is 0.903 bits per heavy atom. The first-order chi connectivity index (χ1) is 14.8. The summed E-state index contributed by atoms with van der Waals surface area (Å²) < 4.78 is 31.3. The van der Waals surface area contributed by atoms with Crippen LogP contribution in [0.15, 0.2) is 59.5 Å². The Morgan fingerprint density at radius 2 is 1.52 bits per heavy atom. The van der Waals surface area contributed by atoms with Crippen LogP contribution in [0.5, 0.6) is 0 Å². The van der Waals surface area contributed by atoms with Crippen molar-refractivity contribution < 1.29 is 22.7 Å². The summed E-state index contributed by atoms with van der Waals surface area (Å²) in [6, 6.07) is 16.0. The normalized spacial score (nSPS) is 11.4. The van der Waals surface area contributed by atoms with E-state index in [-0.39, 0.29) is 23.8 Å². The molecular formula is C23H30N2O5S. The molecule has 0 heterocycles. The Labute approximate surface area is 184 Å². The largest absolute Gasteiger partial charge is 0.468 e. The van der Waals surface area contributed by atoms with Crippen LogP contribution in [0.4, 0.5) is 0 Å². The Morgan fingerprint density at radius 3 is 2.06 bits per heavy atom. The first kappa shape index (κ1) is 24.6. The molecule has 1 amide bonds. The number of carbonyl (C=O) groups excluding carboxylic acids is 2. The van der Waals surface area contributed by atoms with Crippen LogP contribution in [0.2, 0.25) is 0 Å². The maximum Gasteiger partial charge on any atom is 0.325 e. The second kappa shape index (κ2) is 11.6. The van der Waals surface area contributed by atoms with Gasteiger partial charge in [0.1, 0.15) is 6.54 Å². The maximum atomic E-state index is 12.8. The van der Waals surface area contributed by atoms with Crippen LogP contribution in [-0.4, -0.2) is 56.2 Å². The predicted octanol–water partition coefficient (Wildman–Crippen LogP) is 2.85. The van der Waals surface area contributed by atoms with Crippen LogP contribution in [0.25, 0.3) is 0 Å². The number of sulfonamides is 1. The number of methoxy groups -OCH3 is 1. The van der Waals surface area contributed by atoms with E-state index >= 15 is 0 Å². The molecule has 2 aromatic rings. The second-order valence-corrected chi connectivity index (χ2v) is 8.98. The molecule has 0 aromatic heterocycles. The van der Waals surface area contributed by atoms with Gasteiger partial charge >= 0.3 is 5.97 Å². The molecule has 0 aliphatic heterocycles. The van der Waals surface area contributed by atoms with Crippen LogP contribution < -0.4 is 0 Å². The highest BCUT2D eigenvalue weighted by molar-refractivity contribution is 7.89. The van der Waals surface area contributed by atoms with E-state index < -0.39 is 16.0 Å². The quantitative estimate of drug-likeness (QED) is 0.496. The molecule has 0 unspecified atom stereocenters. The fraction of sp³-hybridized carbons (Fsp3) is 0.391. The van der Waals surface area contributed by atoms with Crippen molar-refractivity contribution in [3.63, 3.8) is 0 Å². The molecule has 0 saturated heterocycles. The SMILES string of the molecule is CCN(CC)S(=O)(=O)c1ccc(CCC(=O)N(CC(=O)OC)Cc2ccccc2)cc1. The summed E-state index contributed by atoms with van der Waals surface area (Å²) >= 11 is 0. The number of esters is 1. The number of rotatable bonds is 11. The first-order valence-electron chi connectivity index (χ1n) is 10.3. The summed E-state index contributed by atoms with van der Waals surface area (Å²) in [4.78, 5) is 26.2. The van der Waals surface area contributed by atoms with E-state index in [0.29, 0.717) is 26.1 Å². The fourth-order valence-electron chi connectivity index (χ4n) is 3.21. The summed E-state index contributed by atoms with van der Waals surface area (Å²) in [6.45, 7) is 4.62. The number of benzene rings is 2. The molecule has 8 heteroatoms. The third kappa shape index (κ3) is 6.90. The van der Waals surface area contributed by atoms with Gasteiger partial charge in [0.15, 0.2) is 0 Å². The summed E-state index contributed by atoms with van der Waals surface area (Å²) in [7, 11) is -2.21. The average molecular weight is 447 g/mol. The van der Waals surface area contributed by atoms with Gasteiger partial charge in [-0.3, -0.25) is 9.59 Å². The molecule has 168 valence electrons. The van der Waals surface area contributed by atoms with Gasteiger partial charge in [0.25, 0.3) is 0 Å². The molecule has 0 aliphatic rings. The highest BCUT2D eigenvalue weighted by atomic mass is 32.2. The molecule has 0 saturated carbocycles. The second-order valence-electron chi connectivity index (χ2n) is 7.04. The van der Waals surface area contributed by atoms with Gasteiger partial charge in [0.2, 0.25) is 15.9 Å². The molecule has 0 atom stereocenters. The topological polar surface area (TPSA) is 84.0 Å². The van der Waals surface area contributed by atoms with Gasteiger partial charge in [-0.15, -0.1) is 0 Å². The number of nitrogens with zero attached hydrogens (tertiary/aromatic N) is 2. The molecular weight excluding hydrogens is 416 g/mol. The van der Waals surface area contributed by atoms with Gasteiger partial charge in [-0.2, -0.15) is 4.31 Å². The number of aryl methyl sites for hydroxylation is 1. The molecule has 7 nitrogen and oxygen atoms in total. The van der Waals surface area contributed by atoms with Gasteiger partial charge in [0, 0.05) is 26.1 Å². The van der Waals surface area contributed by atoms with Crippen molar-refractivity contribution in [2.45, 2.75) is 38.1 Å². The van der Waals surface area contributed by atoms with E-state index in [0.717, 1.165) is 11.1 Å². The van der Waals surface area contributed by atoms with Crippen molar-refractivity contribution in [1.29, 1.82) is 0 Å². The lowest BCUT2D eigenvalue weighted by molar-refractivity contribution is -0.147. The zero-order valence-corrected chi connectivity index (χ0v) is 19.1. The Bertz CT molecular complexity index is 955. The smallest absolute Gasteiger partial charge is 0.325 e.